The number of halogens is 3. The highest BCUT2D eigenvalue weighted by Crippen LogP contribution is 2.23. The zero-order valence-electron chi connectivity index (χ0n) is 10.5. The molecule has 0 radical (unpaired) electrons. The number of nitrogens with zero attached hydrogens (tertiary/aromatic N) is 1. The van der Waals surface area contributed by atoms with Gasteiger partial charge in [0.15, 0.2) is 0 Å². The summed E-state index contributed by atoms with van der Waals surface area (Å²) in [6, 6.07) is 3.13. The molecule has 2 rings (SSSR count). The molecule has 1 saturated heterocycles. The third kappa shape index (κ3) is 3.32. The highest BCUT2D eigenvalue weighted by Gasteiger charge is 2.28. The molecule has 2 nitrogen and oxygen atoms in total. The molecule has 1 amide bonds. The number of hydrogen-bond donors (Lipinski definition) is 0. The van der Waals surface area contributed by atoms with Crippen molar-refractivity contribution in [3.63, 3.8) is 0 Å². The summed E-state index contributed by atoms with van der Waals surface area (Å²) < 4.78 is 26.8. The molecule has 1 aromatic rings. The van der Waals surface area contributed by atoms with Gasteiger partial charge in [-0.1, -0.05) is 15.9 Å². The Morgan fingerprint density at radius 2 is 2.16 bits per heavy atom. The Morgan fingerprint density at radius 1 is 1.37 bits per heavy atom. The Balaban J connectivity index is 2.23. The third-order valence-corrected chi connectivity index (χ3v) is 3.95. The van der Waals surface area contributed by atoms with E-state index in [4.69, 9.17) is 0 Å². The van der Waals surface area contributed by atoms with Crippen molar-refractivity contribution in [2.24, 2.45) is 0 Å². The van der Waals surface area contributed by atoms with Crippen LogP contribution in [0.4, 0.5) is 8.78 Å². The van der Waals surface area contributed by atoms with Crippen LogP contribution in [0.5, 0.6) is 0 Å². The highest BCUT2D eigenvalue weighted by molar-refractivity contribution is 9.09. The van der Waals surface area contributed by atoms with Gasteiger partial charge in [0, 0.05) is 17.9 Å². The zero-order valence-corrected chi connectivity index (χ0v) is 12.1. The molecule has 1 aromatic carbocycles. The smallest absolute Gasteiger partial charge is 0.257 e. The molecule has 0 aromatic heterocycles. The Bertz CT molecular complexity index is 465. The van der Waals surface area contributed by atoms with Gasteiger partial charge in [0.1, 0.15) is 11.6 Å². The number of carbonyl (C=O) groups is 1. The molecule has 0 spiro atoms. The van der Waals surface area contributed by atoms with E-state index >= 15 is 0 Å². The second kappa shape index (κ2) is 6.46. The van der Waals surface area contributed by atoms with Crippen LogP contribution in [0.15, 0.2) is 18.2 Å². The highest BCUT2D eigenvalue weighted by atomic mass is 79.9. The minimum atomic E-state index is -0.658. The van der Waals surface area contributed by atoms with Crippen LogP contribution in [0.3, 0.4) is 0 Å². The van der Waals surface area contributed by atoms with Crippen molar-refractivity contribution in [1.29, 1.82) is 0 Å². The lowest BCUT2D eigenvalue weighted by Gasteiger charge is -2.35. The Hall–Kier alpha value is -0.970. The van der Waals surface area contributed by atoms with Gasteiger partial charge in [0.2, 0.25) is 0 Å². The van der Waals surface area contributed by atoms with E-state index in [2.05, 4.69) is 15.9 Å². The third-order valence-electron chi connectivity index (χ3n) is 3.49. The van der Waals surface area contributed by atoms with Gasteiger partial charge in [-0.15, -0.1) is 0 Å². The zero-order chi connectivity index (χ0) is 13.8. The summed E-state index contributed by atoms with van der Waals surface area (Å²) >= 11 is 3.37. The van der Waals surface area contributed by atoms with Crippen molar-refractivity contribution in [1.82, 2.24) is 4.90 Å². The van der Waals surface area contributed by atoms with Gasteiger partial charge in [0.05, 0.1) is 5.56 Å². The summed E-state index contributed by atoms with van der Waals surface area (Å²) in [6.45, 7) is 0.618. The maximum Gasteiger partial charge on any atom is 0.257 e. The SMILES string of the molecule is O=C(c1cc(F)ccc1F)N1CCCCC1CCBr. The van der Waals surface area contributed by atoms with Gasteiger partial charge in [0.25, 0.3) is 5.91 Å². The van der Waals surface area contributed by atoms with Crippen LogP contribution in [0.25, 0.3) is 0 Å². The Kier molecular flexibility index (Phi) is 4.91. The van der Waals surface area contributed by atoms with Crippen LogP contribution >= 0.6 is 15.9 Å². The molecular weight excluding hydrogens is 316 g/mol. The lowest BCUT2D eigenvalue weighted by Crippen LogP contribution is -2.44. The van der Waals surface area contributed by atoms with E-state index in [-0.39, 0.29) is 11.6 Å². The Morgan fingerprint density at radius 3 is 2.89 bits per heavy atom. The van der Waals surface area contributed by atoms with E-state index in [1.807, 2.05) is 0 Å². The summed E-state index contributed by atoms with van der Waals surface area (Å²) in [4.78, 5) is 14.0. The summed E-state index contributed by atoms with van der Waals surface area (Å²) in [5, 5.41) is 0.799. The van der Waals surface area contributed by atoms with Gasteiger partial charge >= 0.3 is 0 Å². The summed E-state index contributed by atoms with van der Waals surface area (Å²) in [5.74, 6) is -1.64. The van der Waals surface area contributed by atoms with E-state index in [0.717, 1.165) is 49.2 Å². The number of alkyl halides is 1. The van der Waals surface area contributed by atoms with Gasteiger partial charge in [-0.2, -0.15) is 0 Å². The topological polar surface area (TPSA) is 20.3 Å². The van der Waals surface area contributed by atoms with Crippen LogP contribution in [0.1, 0.15) is 36.0 Å². The standard InChI is InChI=1S/C14H16BrF2NO/c15-7-6-11-3-1-2-8-18(11)14(19)12-9-10(16)4-5-13(12)17/h4-5,9,11H,1-3,6-8H2. The molecule has 0 saturated carbocycles. The molecule has 1 unspecified atom stereocenters. The fourth-order valence-electron chi connectivity index (χ4n) is 2.51. The normalized spacial score (nSPS) is 19.5. The number of piperidine rings is 1. The lowest BCUT2D eigenvalue weighted by atomic mass is 9.98. The molecule has 104 valence electrons. The second-order valence-electron chi connectivity index (χ2n) is 4.75. The first-order chi connectivity index (χ1) is 9.13. The van der Waals surface area contributed by atoms with Gasteiger partial charge < -0.3 is 4.90 Å². The van der Waals surface area contributed by atoms with E-state index in [1.54, 1.807) is 4.90 Å². The van der Waals surface area contributed by atoms with Crippen LogP contribution < -0.4 is 0 Å². The molecule has 0 N–H and O–H groups in total. The largest absolute Gasteiger partial charge is 0.336 e. The van der Waals surface area contributed by atoms with E-state index in [0.29, 0.717) is 6.54 Å². The maximum atomic E-state index is 13.7. The predicted molar refractivity (Wildman–Crippen MR) is 73.4 cm³/mol. The molecule has 19 heavy (non-hydrogen) atoms. The minimum Gasteiger partial charge on any atom is -0.336 e. The number of hydrogen-bond acceptors (Lipinski definition) is 1. The molecule has 1 aliphatic rings. The second-order valence-corrected chi connectivity index (χ2v) is 5.54. The van der Waals surface area contributed by atoms with Gasteiger partial charge in [-0.05, 0) is 43.9 Å². The maximum absolute atomic E-state index is 13.7. The molecule has 0 bridgehead atoms. The van der Waals surface area contributed by atoms with Crippen molar-refractivity contribution < 1.29 is 13.6 Å². The van der Waals surface area contributed by atoms with Crippen molar-refractivity contribution in [3.8, 4) is 0 Å². The number of rotatable bonds is 3. The van der Waals surface area contributed by atoms with E-state index in [1.165, 1.54) is 0 Å². The molecular formula is C14H16BrF2NO. The van der Waals surface area contributed by atoms with Crippen molar-refractivity contribution in [2.45, 2.75) is 31.7 Å². The Labute approximate surface area is 119 Å². The van der Waals surface area contributed by atoms with Crippen LogP contribution in [0.2, 0.25) is 0 Å². The summed E-state index contributed by atoms with van der Waals surface area (Å²) in [5.41, 5.74) is -0.165. The van der Waals surface area contributed by atoms with Gasteiger partial charge in [-0.25, -0.2) is 8.78 Å². The molecule has 5 heteroatoms. The van der Waals surface area contributed by atoms with Gasteiger partial charge in [-0.3, -0.25) is 4.79 Å². The first-order valence-corrected chi connectivity index (χ1v) is 7.57. The fourth-order valence-corrected chi connectivity index (χ4v) is 3.04. The molecule has 1 atom stereocenters. The number of likely N-dealkylation sites (tertiary alicyclic amines) is 1. The number of benzene rings is 1. The van der Waals surface area contributed by atoms with E-state index < -0.39 is 17.5 Å². The quantitative estimate of drug-likeness (QED) is 0.772. The first kappa shape index (κ1) is 14.4. The first-order valence-electron chi connectivity index (χ1n) is 6.45. The van der Waals surface area contributed by atoms with Crippen LogP contribution in [-0.2, 0) is 0 Å². The molecule has 1 fully saturated rings. The number of amides is 1. The summed E-state index contributed by atoms with van der Waals surface area (Å²) in [6.07, 6.45) is 3.76. The average molecular weight is 332 g/mol. The molecule has 1 aliphatic heterocycles. The molecule has 1 heterocycles. The minimum absolute atomic E-state index is 0.114. The molecule has 0 aliphatic carbocycles. The van der Waals surface area contributed by atoms with Crippen LogP contribution in [-0.4, -0.2) is 28.7 Å². The van der Waals surface area contributed by atoms with Crippen molar-refractivity contribution in [3.05, 3.63) is 35.4 Å². The lowest BCUT2D eigenvalue weighted by molar-refractivity contribution is 0.0604. The predicted octanol–water partition coefficient (Wildman–Crippen LogP) is 3.74. The fraction of sp³-hybridized carbons (Fsp3) is 0.500. The van der Waals surface area contributed by atoms with Crippen LogP contribution in [0, 0.1) is 11.6 Å². The summed E-state index contributed by atoms with van der Waals surface area (Å²) in [7, 11) is 0. The van der Waals surface area contributed by atoms with Crippen molar-refractivity contribution in [2.75, 3.05) is 11.9 Å². The monoisotopic (exact) mass is 331 g/mol. The van der Waals surface area contributed by atoms with E-state index in [9.17, 15) is 13.6 Å². The van der Waals surface area contributed by atoms with Crippen molar-refractivity contribution >= 4 is 21.8 Å². The average Bonchev–Trinajstić information content (AvgIpc) is 2.42. The number of carbonyl (C=O) groups excluding carboxylic acids is 1.